The predicted octanol–water partition coefficient (Wildman–Crippen LogP) is 2.85. The van der Waals surface area contributed by atoms with Crippen molar-refractivity contribution in [3.63, 3.8) is 0 Å². The van der Waals surface area contributed by atoms with E-state index in [9.17, 15) is 4.79 Å². The van der Waals surface area contributed by atoms with Gasteiger partial charge >= 0.3 is 0 Å². The summed E-state index contributed by atoms with van der Waals surface area (Å²) in [6.07, 6.45) is 1.89. The van der Waals surface area contributed by atoms with E-state index in [0.29, 0.717) is 22.9 Å². The second-order valence-corrected chi connectivity index (χ2v) is 6.64. The molecule has 23 heavy (non-hydrogen) atoms. The van der Waals surface area contributed by atoms with Gasteiger partial charge in [0.25, 0.3) is 5.56 Å². The summed E-state index contributed by atoms with van der Waals surface area (Å²) in [5, 5.41) is 18.5. The van der Waals surface area contributed by atoms with Crippen LogP contribution >= 0.6 is 11.8 Å². The maximum Gasteiger partial charge on any atom is 0.262 e. The second-order valence-electron chi connectivity index (χ2n) is 5.33. The zero-order chi connectivity index (χ0) is 16.4. The average Bonchev–Trinajstić information content (AvgIpc) is 2.98. The van der Waals surface area contributed by atoms with Crippen LogP contribution < -0.4 is 5.56 Å². The van der Waals surface area contributed by atoms with Crippen LogP contribution in [0.1, 0.15) is 26.7 Å². The molecule has 2 heterocycles. The van der Waals surface area contributed by atoms with Gasteiger partial charge in [-0.05, 0) is 25.5 Å². The van der Waals surface area contributed by atoms with Gasteiger partial charge in [0, 0.05) is 6.54 Å². The first-order chi connectivity index (χ1) is 11.2. The van der Waals surface area contributed by atoms with Crippen LogP contribution in [-0.2, 0) is 6.54 Å². The molecule has 0 aliphatic heterocycles. The van der Waals surface area contributed by atoms with E-state index in [1.807, 2.05) is 35.6 Å². The van der Waals surface area contributed by atoms with Crippen LogP contribution in [0.4, 0.5) is 0 Å². The van der Waals surface area contributed by atoms with Gasteiger partial charge < -0.3 is 0 Å². The third kappa shape index (κ3) is 2.70. The molecule has 0 aliphatic carbocycles. The standard InChI is InChI=1S/C16H17N5OS/c1-3-4-9-20-14(22)12-7-5-6-8-13(12)21-15(20)18-19-16(21)23-11(2)10-17/h5-8,11H,3-4,9H2,1-2H3/t11-/m0/s1. The molecule has 3 aromatic rings. The summed E-state index contributed by atoms with van der Waals surface area (Å²) < 4.78 is 3.56. The van der Waals surface area contributed by atoms with E-state index in [1.165, 1.54) is 11.8 Å². The smallest absolute Gasteiger partial charge is 0.262 e. The number of nitrogens with zero attached hydrogens (tertiary/aromatic N) is 5. The highest BCUT2D eigenvalue weighted by molar-refractivity contribution is 8.00. The third-order valence-corrected chi connectivity index (χ3v) is 4.61. The fourth-order valence-corrected chi connectivity index (χ4v) is 3.25. The van der Waals surface area contributed by atoms with Gasteiger partial charge in [-0.3, -0.25) is 13.8 Å². The molecule has 3 rings (SSSR count). The van der Waals surface area contributed by atoms with Crippen LogP contribution in [0.25, 0.3) is 16.7 Å². The SMILES string of the molecule is CCCCn1c(=O)c2ccccc2n2c(S[C@@H](C)C#N)nnc12. The van der Waals surface area contributed by atoms with Crippen molar-refractivity contribution in [2.45, 2.75) is 43.6 Å². The number of rotatable bonds is 5. The lowest BCUT2D eigenvalue weighted by atomic mass is 10.2. The predicted molar refractivity (Wildman–Crippen MR) is 90.6 cm³/mol. The van der Waals surface area contributed by atoms with Crippen LogP contribution in [0.5, 0.6) is 0 Å². The molecule has 1 aromatic carbocycles. The quantitative estimate of drug-likeness (QED) is 0.674. The van der Waals surface area contributed by atoms with Crippen LogP contribution in [0.2, 0.25) is 0 Å². The largest absolute Gasteiger partial charge is 0.276 e. The molecule has 2 aromatic heterocycles. The van der Waals surface area contributed by atoms with E-state index in [0.717, 1.165) is 18.4 Å². The van der Waals surface area contributed by atoms with Crippen LogP contribution in [0, 0.1) is 11.3 Å². The minimum Gasteiger partial charge on any atom is -0.276 e. The number of nitriles is 1. The van der Waals surface area contributed by atoms with E-state index < -0.39 is 0 Å². The zero-order valence-corrected chi connectivity index (χ0v) is 13.9. The molecular formula is C16H17N5OS. The number of fused-ring (bicyclic) bond motifs is 3. The second kappa shape index (κ2) is 6.42. The molecule has 0 aliphatic rings. The molecule has 0 saturated carbocycles. The van der Waals surface area contributed by atoms with Crippen molar-refractivity contribution in [1.29, 1.82) is 5.26 Å². The molecule has 0 bridgehead atoms. The summed E-state index contributed by atoms with van der Waals surface area (Å²) in [6, 6.07) is 9.64. The number of hydrogen-bond donors (Lipinski definition) is 0. The van der Waals surface area contributed by atoms with E-state index in [1.54, 1.807) is 4.57 Å². The fourth-order valence-electron chi connectivity index (χ4n) is 2.51. The van der Waals surface area contributed by atoms with Gasteiger partial charge in [-0.25, -0.2) is 0 Å². The number of unbranched alkanes of at least 4 members (excludes halogenated alkanes) is 1. The first-order valence-corrected chi connectivity index (χ1v) is 8.48. The van der Waals surface area contributed by atoms with Gasteiger partial charge in [-0.1, -0.05) is 37.2 Å². The lowest BCUT2D eigenvalue weighted by Gasteiger charge is -2.11. The minimum atomic E-state index is -0.239. The van der Waals surface area contributed by atoms with Crippen LogP contribution in [0.3, 0.4) is 0 Å². The minimum absolute atomic E-state index is 0.0427. The molecular weight excluding hydrogens is 310 g/mol. The van der Waals surface area contributed by atoms with E-state index in [4.69, 9.17) is 5.26 Å². The number of aryl methyl sites for hydroxylation is 1. The zero-order valence-electron chi connectivity index (χ0n) is 13.1. The molecule has 0 unspecified atom stereocenters. The number of hydrogen-bond acceptors (Lipinski definition) is 5. The summed E-state index contributed by atoms with van der Waals surface area (Å²) >= 11 is 1.35. The van der Waals surface area contributed by atoms with E-state index >= 15 is 0 Å². The van der Waals surface area contributed by atoms with Gasteiger partial charge in [0.1, 0.15) is 0 Å². The Labute approximate surface area is 137 Å². The highest BCUT2D eigenvalue weighted by Crippen LogP contribution is 2.24. The summed E-state index contributed by atoms with van der Waals surface area (Å²) in [5.41, 5.74) is 0.733. The summed E-state index contributed by atoms with van der Waals surface area (Å²) in [5.74, 6) is 0.537. The summed E-state index contributed by atoms with van der Waals surface area (Å²) in [4.78, 5) is 12.8. The first-order valence-electron chi connectivity index (χ1n) is 7.60. The Balaban J connectivity index is 2.33. The Bertz CT molecular complexity index is 953. The average molecular weight is 327 g/mol. The van der Waals surface area contributed by atoms with Crippen molar-refractivity contribution in [3.8, 4) is 6.07 Å². The van der Waals surface area contributed by atoms with Crippen molar-refractivity contribution < 1.29 is 0 Å². The lowest BCUT2D eigenvalue weighted by Crippen LogP contribution is -2.23. The number of benzene rings is 1. The fraction of sp³-hybridized carbons (Fsp3) is 0.375. The molecule has 0 spiro atoms. The van der Waals surface area contributed by atoms with Gasteiger partial charge in [-0.2, -0.15) is 5.26 Å². The molecule has 118 valence electrons. The van der Waals surface area contributed by atoms with Crippen LogP contribution in [-0.4, -0.2) is 24.4 Å². The number of para-hydroxylation sites is 1. The maximum absolute atomic E-state index is 12.8. The Morgan fingerprint density at radius 3 is 2.87 bits per heavy atom. The summed E-state index contributed by atoms with van der Waals surface area (Å²) in [6.45, 7) is 4.52. The molecule has 0 saturated heterocycles. The van der Waals surface area contributed by atoms with Gasteiger partial charge in [0.15, 0.2) is 5.16 Å². The number of aromatic nitrogens is 4. The Hall–Kier alpha value is -2.33. The van der Waals surface area contributed by atoms with Crippen molar-refractivity contribution in [1.82, 2.24) is 19.2 Å². The Morgan fingerprint density at radius 1 is 1.35 bits per heavy atom. The lowest BCUT2D eigenvalue weighted by molar-refractivity contribution is 0.620. The topological polar surface area (TPSA) is 76.0 Å². The highest BCUT2D eigenvalue weighted by atomic mass is 32.2. The molecule has 0 radical (unpaired) electrons. The van der Waals surface area contributed by atoms with Crippen molar-refractivity contribution in [2.75, 3.05) is 0 Å². The van der Waals surface area contributed by atoms with Crippen molar-refractivity contribution in [2.24, 2.45) is 0 Å². The van der Waals surface area contributed by atoms with Gasteiger partial charge in [0.2, 0.25) is 5.78 Å². The van der Waals surface area contributed by atoms with Crippen LogP contribution in [0.15, 0.2) is 34.2 Å². The molecule has 0 N–H and O–H groups in total. The molecule has 6 nitrogen and oxygen atoms in total. The third-order valence-electron chi connectivity index (χ3n) is 3.68. The van der Waals surface area contributed by atoms with Gasteiger partial charge in [-0.15, -0.1) is 10.2 Å². The Kier molecular flexibility index (Phi) is 4.35. The maximum atomic E-state index is 12.8. The normalized spacial score (nSPS) is 12.6. The van der Waals surface area contributed by atoms with E-state index in [2.05, 4.69) is 23.2 Å². The first kappa shape index (κ1) is 15.6. The monoisotopic (exact) mass is 327 g/mol. The Morgan fingerprint density at radius 2 is 2.13 bits per heavy atom. The van der Waals surface area contributed by atoms with Gasteiger partial charge in [0.05, 0.1) is 22.2 Å². The van der Waals surface area contributed by atoms with Crippen molar-refractivity contribution >= 4 is 28.4 Å². The number of thioether (sulfide) groups is 1. The molecule has 0 fully saturated rings. The van der Waals surface area contributed by atoms with Crippen molar-refractivity contribution in [3.05, 3.63) is 34.6 Å². The van der Waals surface area contributed by atoms with E-state index in [-0.39, 0.29) is 10.8 Å². The highest BCUT2D eigenvalue weighted by Gasteiger charge is 2.17. The molecule has 0 amide bonds. The molecule has 1 atom stereocenters. The summed E-state index contributed by atoms with van der Waals surface area (Å²) in [7, 11) is 0. The molecule has 7 heteroatoms.